The van der Waals surface area contributed by atoms with E-state index < -0.39 is 5.41 Å². The predicted octanol–water partition coefficient (Wildman–Crippen LogP) is 2.05. The van der Waals surface area contributed by atoms with Gasteiger partial charge in [0, 0.05) is 6.42 Å². The molecule has 1 atom stereocenters. The number of nitriles is 1. The van der Waals surface area contributed by atoms with Crippen molar-refractivity contribution in [3.63, 3.8) is 0 Å². The van der Waals surface area contributed by atoms with Crippen LogP contribution in [0.4, 0.5) is 0 Å². The summed E-state index contributed by atoms with van der Waals surface area (Å²) in [6.45, 7) is 1.76. The number of Topliss-reactive ketones (excluding diaryl/α,β-unsaturated/α-hetero) is 1. The van der Waals surface area contributed by atoms with Crippen molar-refractivity contribution >= 4 is 5.78 Å². The van der Waals surface area contributed by atoms with E-state index in [9.17, 15) is 4.79 Å². The average Bonchev–Trinajstić information content (AvgIpc) is 2.16. The van der Waals surface area contributed by atoms with Gasteiger partial charge in [-0.05, 0) is 19.8 Å². The van der Waals surface area contributed by atoms with Crippen LogP contribution in [0.3, 0.4) is 0 Å². The Bertz CT molecular complexity index is 204. The van der Waals surface area contributed by atoms with Crippen LogP contribution in [0.15, 0.2) is 0 Å². The van der Waals surface area contributed by atoms with Crippen molar-refractivity contribution in [2.45, 2.75) is 39.0 Å². The Morgan fingerprint density at radius 2 is 2.18 bits per heavy atom. The van der Waals surface area contributed by atoms with Crippen molar-refractivity contribution in [1.82, 2.24) is 0 Å². The Hall–Kier alpha value is -0.840. The lowest BCUT2D eigenvalue weighted by Crippen LogP contribution is -2.24. The van der Waals surface area contributed by atoms with Crippen LogP contribution in [-0.2, 0) is 4.79 Å². The van der Waals surface area contributed by atoms with Crippen LogP contribution >= 0.6 is 0 Å². The van der Waals surface area contributed by atoms with E-state index in [0.717, 1.165) is 25.7 Å². The predicted molar refractivity (Wildman–Crippen MR) is 41.8 cm³/mol. The Morgan fingerprint density at radius 1 is 1.45 bits per heavy atom. The molecule has 1 aliphatic carbocycles. The summed E-state index contributed by atoms with van der Waals surface area (Å²) in [6, 6.07) is 2.12. The van der Waals surface area contributed by atoms with Crippen molar-refractivity contribution in [2.24, 2.45) is 5.41 Å². The fraction of sp³-hybridized carbons (Fsp3) is 0.778. The minimum Gasteiger partial charge on any atom is -0.298 e. The Kier molecular flexibility index (Phi) is 2.28. The molecule has 1 fully saturated rings. The summed E-state index contributed by atoms with van der Waals surface area (Å²) in [7, 11) is 0. The zero-order valence-corrected chi connectivity index (χ0v) is 6.89. The molecule has 0 aromatic rings. The third-order valence-electron chi connectivity index (χ3n) is 2.44. The smallest absolute Gasteiger partial charge is 0.152 e. The molecular formula is C9H13NO. The number of nitrogens with zero attached hydrogens (tertiary/aromatic N) is 1. The Labute approximate surface area is 67.2 Å². The molecule has 0 radical (unpaired) electrons. The summed E-state index contributed by atoms with van der Waals surface area (Å²) in [4.78, 5) is 11.3. The van der Waals surface area contributed by atoms with Crippen LogP contribution in [0.1, 0.15) is 39.0 Å². The SMILES string of the molecule is CC1(C#N)CCCCCC1=O. The Balaban J connectivity index is 2.76. The van der Waals surface area contributed by atoms with Crippen LogP contribution in [0.5, 0.6) is 0 Å². The second-order valence-electron chi connectivity index (χ2n) is 3.43. The summed E-state index contributed by atoms with van der Waals surface area (Å²) in [6.07, 6.45) is 4.45. The molecule has 0 saturated heterocycles. The first-order chi connectivity index (χ1) is 5.19. The van der Waals surface area contributed by atoms with Crippen molar-refractivity contribution < 1.29 is 4.79 Å². The molecular weight excluding hydrogens is 138 g/mol. The van der Waals surface area contributed by atoms with E-state index in [1.54, 1.807) is 6.92 Å². The first-order valence-electron chi connectivity index (χ1n) is 4.13. The molecule has 60 valence electrons. The topological polar surface area (TPSA) is 40.9 Å². The summed E-state index contributed by atoms with van der Waals surface area (Å²) in [5, 5.41) is 8.77. The molecule has 0 heterocycles. The van der Waals surface area contributed by atoms with Crippen LogP contribution < -0.4 is 0 Å². The molecule has 1 rings (SSSR count). The van der Waals surface area contributed by atoms with E-state index in [4.69, 9.17) is 5.26 Å². The highest BCUT2D eigenvalue weighted by Crippen LogP contribution is 2.30. The average molecular weight is 151 g/mol. The third kappa shape index (κ3) is 1.59. The zero-order chi connectivity index (χ0) is 8.32. The number of ketones is 1. The first kappa shape index (κ1) is 8.26. The lowest BCUT2D eigenvalue weighted by molar-refractivity contribution is -0.125. The molecule has 1 saturated carbocycles. The van der Waals surface area contributed by atoms with Crippen molar-refractivity contribution in [1.29, 1.82) is 5.26 Å². The van der Waals surface area contributed by atoms with E-state index in [-0.39, 0.29) is 5.78 Å². The maximum absolute atomic E-state index is 11.3. The van der Waals surface area contributed by atoms with Gasteiger partial charge in [-0.1, -0.05) is 12.8 Å². The van der Waals surface area contributed by atoms with Crippen molar-refractivity contribution in [2.75, 3.05) is 0 Å². The van der Waals surface area contributed by atoms with E-state index in [1.165, 1.54) is 0 Å². The van der Waals surface area contributed by atoms with Gasteiger partial charge >= 0.3 is 0 Å². The van der Waals surface area contributed by atoms with Crippen LogP contribution in [0.25, 0.3) is 0 Å². The van der Waals surface area contributed by atoms with Gasteiger partial charge in [0.15, 0.2) is 5.78 Å². The molecule has 0 aromatic heterocycles. The first-order valence-corrected chi connectivity index (χ1v) is 4.13. The molecule has 0 N–H and O–H groups in total. The largest absolute Gasteiger partial charge is 0.298 e. The minimum absolute atomic E-state index is 0.137. The molecule has 1 aliphatic rings. The second-order valence-corrected chi connectivity index (χ2v) is 3.43. The summed E-state index contributed by atoms with van der Waals surface area (Å²) in [5.41, 5.74) is -0.670. The standard InChI is InChI=1S/C9H13NO/c1-9(7-10)6-4-2-3-5-8(9)11/h2-6H2,1H3. The number of carbonyl (C=O) groups is 1. The van der Waals surface area contributed by atoms with Gasteiger partial charge in [-0.25, -0.2) is 0 Å². The normalized spacial score (nSPS) is 32.5. The van der Waals surface area contributed by atoms with Crippen LogP contribution in [0.2, 0.25) is 0 Å². The fourth-order valence-electron chi connectivity index (χ4n) is 1.47. The van der Waals surface area contributed by atoms with Crippen molar-refractivity contribution in [3.05, 3.63) is 0 Å². The Morgan fingerprint density at radius 3 is 2.82 bits per heavy atom. The van der Waals surface area contributed by atoms with E-state index in [2.05, 4.69) is 6.07 Å². The van der Waals surface area contributed by atoms with Gasteiger partial charge in [0.1, 0.15) is 5.41 Å². The van der Waals surface area contributed by atoms with Crippen molar-refractivity contribution in [3.8, 4) is 6.07 Å². The number of hydrogen-bond acceptors (Lipinski definition) is 2. The summed E-state index contributed by atoms with van der Waals surface area (Å²) < 4.78 is 0. The maximum atomic E-state index is 11.3. The lowest BCUT2D eigenvalue weighted by atomic mass is 9.83. The zero-order valence-electron chi connectivity index (χ0n) is 6.89. The van der Waals surface area contributed by atoms with Gasteiger partial charge < -0.3 is 0 Å². The van der Waals surface area contributed by atoms with Gasteiger partial charge in [-0.3, -0.25) is 4.79 Å². The van der Waals surface area contributed by atoms with Gasteiger partial charge in [-0.15, -0.1) is 0 Å². The van der Waals surface area contributed by atoms with E-state index in [1.807, 2.05) is 0 Å². The minimum atomic E-state index is -0.670. The number of rotatable bonds is 0. The lowest BCUT2D eigenvalue weighted by Gasteiger charge is -2.15. The summed E-state index contributed by atoms with van der Waals surface area (Å²) in [5.74, 6) is 0.137. The third-order valence-corrected chi connectivity index (χ3v) is 2.44. The van der Waals surface area contributed by atoms with Crippen LogP contribution in [0, 0.1) is 16.7 Å². The highest BCUT2D eigenvalue weighted by Gasteiger charge is 2.33. The summed E-state index contributed by atoms with van der Waals surface area (Å²) >= 11 is 0. The van der Waals surface area contributed by atoms with E-state index in [0.29, 0.717) is 6.42 Å². The highest BCUT2D eigenvalue weighted by atomic mass is 16.1. The van der Waals surface area contributed by atoms with Crippen LogP contribution in [-0.4, -0.2) is 5.78 Å². The molecule has 0 aliphatic heterocycles. The fourth-order valence-corrected chi connectivity index (χ4v) is 1.47. The number of hydrogen-bond donors (Lipinski definition) is 0. The molecule has 0 spiro atoms. The van der Waals surface area contributed by atoms with Gasteiger partial charge in [0.2, 0.25) is 0 Å². The molecule has 2 nitrogen and oxygen atoms in total. The molecule has 0 aromatic carbocycles. The molecule has 0 amide bonds. The molecule has 0 bridgehead atoms. The maximum Gasteiger partial charge on any atom is 0.152 e. The van der Waals surface area contributed by atoms with E-state index >= 15 is 0 Å². The molecule has 1 unspecified atom stereocenters. The van der Waals surface area contributed by atoms with Gasteiger partial charge in [0.25, 0.3) is 0 Å². The molecule has 11 heavy (non-hydrogen) atoms. The van der Waals surface area contributed by atoms with Gasteiger partial charge in [0.05, 0.1) is 6.07 Å². The molecule has 2 heteroatoms. The quantitative estimate of drug-likeness (QED) is 0.497. The second kappa shape index (κ2) is 3.04. The van der Waals surface area contributed by atoms with Gasteiger partial charge in [-0.2, -0.15) is 5.26 Å². The number of carbonyl (C=O) groups excluding carboxylic acids is 1. The highest BCUT2D eigenvalue weighted by molar-refractivity contribution is 5.87. The monoisotopic (exact) mass is 151 g/mol.